The van der Waals surface area contributed by atoms with E-state index in [2.05, 4.69) is 50.1 Å². The van der Waals surface area contributed by atoms with Crippen molar-refractivity contribution in [1.29, 1.82) is 0 Å². The van der Waals surface area contributed by atoms with Gasteiger partial charge in [-0.3, -0.25) is 0 Å². The average Bonchev–Trinajstić information content (AvgIpc) is 2.70. The van der Waals surface area contributed by atoms with Gasteiger partial charge < -0.3 is 15.8 Å². The van der Waals surface area contributed by atoms with Gasteiger partial charge in [0.25, 0.3) is 0 Å². The first-order valence-corrected chi connectivity index (χ1v) is 12.2. The molecule has 158 valence electrons. The fraction of sp³-hybridized carbons (Fsp3) is 0.409. The molecule has 1 fully saturated rings. The molecule has 4 rings (SSSR count). The van der Waals surface area contributed by atoms with E-state index in [-0.39, 0.29) is 22.8 Å². The van der Waals surface area contributed by atoms with Crippen molar-refractivity contribution in [1.82, 2.24) is 15.0 Å². The molecule has 0 amide bonds. The number of ether oxygens (including phenoxy) is 1. The summed E-state index contributed by atoms with van der Waals surface area (Å²) in [4.78, 5) is 13.4. The van der Waals surface area contributed by atoms with Gasteiger partial charge in [0.1, 0.15) is 23.9 Å². The Morgan fingerprint density at radius 3 is 2.70 bits per heavy atom. The molecule has 2 aromatic heterocycles. The van der Waals surface area contributed by atoms with Crippen molar-refractivity contribution in [3.05, 3.63) is 42.4 Å². The smallest absolute Gasteiger partial charge is 0.238 e. The van der Waals surface area contributed by atoms with E-state index >= 15 is 0 Å². The van der Waals surface area contributed by atoms with Gasteiger partial charge in [0.15, 0.2) is 0 Å². The minimum Gasteiger partial charge on any atom is -0.473 e. The molecule has 0 atom stereocenters. The molecule has 0 unspecified atom stereocenters. The summed E-state index contributed by atoms with van der Waals surface area (Å²) in [6, 6.07) is 8.23. The second kappa shape index (κ2) is 9.06. The molecule has 0 radical (unpaired) electrons. The van der Waals surface area contributed by atoms with Crippen LogP contribution in [0.25, 0.3) is 10.9 Å². The Balaban J connectivity index is 1.64. The molecule has 1 aromatic carbocycles. The van der Waals surface area contributed by atoms with E-state index in [0.717, 1.165) is 59.3 Å². The Hall–Kier alpha value is -2.58. The molecule has 8 heteroatoms. The minimum atomic E-state index is -0.0306. The molecule has 30 heavy (non-hydrogen) atoms. The number of aryl methyl sites for hydroxylation is 1. The van der Waals surface area contributed by atoms with Gasteiger partial charge in [-0.2, -0.15) is 0 Å². The predicted octanol–water partition coefficient (Wildman–Crippen LogP) is 4.42. The van der Waals surface area contributed by atoms with Crippen molar-refractivity contribution in [2.75, 3.05) is 17.8 Å². The third kappa shape index (κ3) is 4.76. The molecule has 1 aliphatic rings. The molecule has 1 saturated carbocycles. The number of hydrogen-bond acceptors (Lipinski definition) is 7. The van der Waals surface area contributed by atoms with Crippen LogP contribution in [0.4, 0.5) is 17.2 Å². The maximum atomic E-state index is 6.23. The van der Waals surface area contributed by atoms with Gasteiger partial charge in [0.2, 0.25) is 5.88 Å². The van der Waals surface area contributed by atoms with Crippen LogP contribution in [-0.4, -0.2) is 39.6 Å². The highest BCUT2D eigenvalue weighted by atomic mass is 32.2. The predicted molar refractivity (Wildman–Crippen MR) is 124 cm³/mol. The van der Waals surface area contributed by atoms with Crippen LogP contribution in [0.1, 0.15) is 31.2 Å². The van der Waals surface area contributed by atoms with Gasteiger partial charge in [-0.15, -0.1) is 10.7 Å². The summed E-state index contributed by atoms with van der Waals surface area (Å²) >= 11 is 0. The van der Waals surface area contributed by atoms with E-state index < -0.39 is 0 Å². The highest BCUT2D eigenvalue weighted by Crippen LogP contribution is 2.33. The average molecular weight is 425 g/mol. The second-order valence-electron chi connectivity index (χ2n) is 7.88. The van der Waals surface area contributed by atoms with E-state index in [1.54, 1.807) is 12.5 Å². The Morgan fingerprint density at radius 1 is 1.13 bits per heavy atom. The van der Waals surface area contributed by atoms with Crippen molar-refractivity contribution in [2.45, 2.75) is 44.8 Å². The molecule has 2 heterocycles. The fourth-order valence-electron chi connectivity index (χ4n) is 3.80. The number of benzene rings is 1. The molecular formula is C22H28N6OS. The number of aromatic nitrogens is 3. The number of rotatable bonds is 5. The maximum absolute atomic E-state index is 6.23. The lowest BCUT2D eigenvalue weighted by molar-refractivity contribution is 0.142. The number of nitrogens with zero attached hydrogens (tertiary/aromatic N) is 4. The number of pyridine rings is 1. The van der Waals surface area contributed by atoms with Gasteiger partial charge in [-0.25, -0.2) is 19.3 Å². The number of anilines is 2. The molecular weight excluding hydrogens is 396 g/mol. The largest absolute Gasteiger partial charge is 0.473 e. The summed E-state index contributed by atoms with van der Waals surface area (Å²) < 4.78 is 10.9. The monoisotopic (exact) mass is 424 g/mol. The third-order valence-corrected chi connectivity index (χ3v) is 5.81. The zero-order valence-electron chi connectivity index (χ0n) is 17.6. The Kier molecular flexibility index (Phi) is 6.24. The summed E-state index contributed by atoms with van der Waals surface area (Å²) in [7, 11) is -0.0306. The molecule has 7 nitrogen and oxygen atoms in total. The second-order valence-corrected chi connectivity index (χ2v) is 9.61. The van der Waals surface area contributed by atoms with Gasteiger partial charge >= 0.3 is 0 Å². The van der Waals surface area contributed by atoms with E-state index in [0.29, 0.717) is 5.88 Å². The van der Waals surface area contributed by atoms with Crippen LogP contribution in [0, 0.1) is 6.92 Å². The first-order valence-electron chi connectivity index (χ1n) is 10.2. The molecule has 0 aliphatic heterocycles. The molecule has 3 aromatic rings. The lowest BCUT2D eigenvalue weighted by atomic mass is 9.94. The Labute approximate surface area is 179 Å². The first kappa shape index (κ1) is 20.7. The highest BCUT2D eigenvalue weighted by Gasteiger charge is 2.21. The van der Waals surface area contributed by atoms with Crippen LogP contribution in [0.2, 0.25) is 0 Å². The molecule has 3 N–H and O–H groups in total. The summed E-state index contributed by atoms with van der Waals surface area (Å²) in [5.41, 5.74) is 9.70. The molecule has 1 aliphatic carbocycles. The summed E-state index contributed by atoms with van der Waals surface area (Å²) in [6.07, 6.45) is 11.5. The van der Waals surface area contributed by atoms with E-state index in [4.69, 9.17) is 10.5 Å². The number of nitrogens with two attached hydrogens (primary N) is 1. The van der Waals surface area contributed by atoms with Gasteiger partial charge in [0.05, 0.1) is 11.2 Å². The lowest BCUT2D eigenvalue weighted by Gasteiger charge is -2.27. The zero-order chi connectivity index (χ0) is 21.1. The van der Waals surface area contributed by atoms with E-state index in [1.807, 2.05) is 18.2 Å². The minimum absolute atomic E-state index is 0.0306. The normalized spacial score (nSPS) is 19.1. The van der Waals surface area contributed by atoms with Crippen molar-refractivity contribution >= 4 is 38.8 Å². The topological polar surface area (TPSA) is 98.3 Å². The van der Waals surface area contributed by atoms with Crippen LogP contribution in [0.5, 0.6) is 5.88 Å². The number of fused-ring (bicyclic) bond motifs is 1. The van der Waals surface area contributed by atoms with Crippen molar-refractivity contribution in [3.8, 4) is 5.88 Å². The van der Waals surface area contributed by atoms with Crippen LogP contribution in [0.3, 0.4) is 0 Å². The summed E-state index contributed by atoms with van der Waals surface area (Å²) in [5, 5.41) is 4.40. The van der Waals surface area contributed by atoms with E-state index in [9.17, 15) is 0 Å². The van der Waals surface area contributed by atoms with Gasteiger partial charge in [0, 0.05) is 17.6 Å². The van der Waals surface area contributed by atoms with Gasteiger partial charge in [-0.05, 0) is 74.9 Å². The number of nitrogens with one attached hydrogen (secondary N) is 1. The summed E-state index contributed by atoms with van der Waals surface area (Å²) in [5.74, 6) is 1.33. The maximum Gasteiger partial charge on any atom is 0.238 e. The number of hydrogen-bond donors (Lipinski definition) is 2. The van der Waals surface area contributed by atoms with Crippen LogP contribution in [-0.2, 0) is 10.7 Å². The van der Waals surface area contributed by atoms with Crippen LogP contribution >= 0.6 is 0 Å². The quantitative estimate of drug-likeness (QED) is 0.629. The third-order valence-electron chi connectivity index (χ3n) is 5.23. The Bertz CT molecular complexity index is 1070. The van der Waals surface area contributed by atoms with E-state index in [1.165, 1.54) is 0 Å². The summed E-state index contributed by atoms with van der Waals surface area (Å²) in [6.45, 7) is 2.06. The molecule has 0 saturated heterocycles. The molecule has 0 spiro atoms. The van der Waals surface area contributed by atoms with Gasteiger partial charge in [-0.1, -0.05) is 0 Å². The van der Waals surface area contributed by atoms with Crippen molar-refractivity contribution in [3.63, 3.8) is 0 Å². The zero-order valence-corrected chi connectivity index (χ0v) is 18.4. The Morgan fingerprint density at radius 2 is 1.93 bits per heavy atom. The van der Waals surface area contributed by atoms with Crippen molar-refractivity contribution < 1.29 is 4.74 Å². The highest BCUT2D eigenvalue weighted by molar-refractivity contribution is 7.85. The fourth-order valence-corrected chi connectivity index (χ4v) is 4.33. The SMILES string of the molecule is Cc1cc(N=S(C)C)cc2ncnc(Nc3cccnc3OC3CCC(N)CC3)c12. The van der Waals surface area contributed by atoms with Crippen LogP contribution in [0.15, 0.2) is 41.2 Å². The lowest BCUT2D eigenvalue weighted by Crippen LogP contribution is -2.31. The van der Waals surface area contributed by atoms with Crippen molar-refractivity contribution in [2.24, 2.45) is 10.1 Å². The molecule has 0 bridgehead atoms. The first-order chi connectivity index (χ1) is 14.5. The standard InChI is InChI=1S/C22H28N6OS/c1-14-11-16(28-30(2)3)12-19-20(14)21(26-13-25-19)27-18-5-4-10-24-22(18)29-17-8-6-15(23)7-9-17/h4-5,10-13,15,17H,6-9,23H2,1-3H3,(H,25,26,27). The van der Waals surface area contributed by atoms with Crippen LogP contribution < -0.4 is 15.8 Å².